The molecule has 0 saturated carbocycles. The van der Waals surface area contributed by atoms with E-state index in [9.17, 15) is 0 Å². The summed E-state index contributed by atoms with van der Waals surface area (Å²) in [5.74, 6) is 0. The predicted octanol–water partition coefficient (Wildman–Crippen LogP) is 13.9. The van der Waals surface area contributed by atoms with Crippen molar-refractivity contribution in [3.05, 3.63) is 118 Å². The molecule has 0 atom stereocenters. The fraction of sp³-hybridized carbons (Fsp3) is 0.286. The molecule has 6 rings (SSSR count). The van der Waals surface area contributed by atoms with E-state index in [-0.39, 0.29) is 0 Å². The number of benzene rings is 4. The molecule has 2 aromatic heterocycles. The van der Waals surface area contributed by atoms with Crippen LogP contribution in [0.1, 0.15) is 98.6 Å². The molecular weight excluding hydrogens is 569 g/mol. The number of aryl methyl sites for hydroxylation is 2. The van der Waals surface area contributed by atoms with Gasteiger partial charge in [0.1, 0.15) is 0 Å². The molecule has 0 spiro atoms. The van der Waals surface area contributed by atoms with Gasteiger partial charge in [0.2, 0.25) is 0 Å². The van der Waals surface area contributed by atoms with Crippen molar-refractivity contribution in [2.45, 2.75) is 78.1 Å². The molecule has 224 valence electrons. The van der Waals surface area contributed by atoms with Crippen LogP contribution in [0.5, 0.6) is 0 Å². The van der Waals surface area contributed by atoms with Crippen LogP contribution in [0, 0.1) is 0 Å². The maximum absolute atomic E-state index is 2.35. The first kappa shape index (κ1) is 30.6. The van der Waals surface area contributed by atoms with E-state index in [4.69, 9.17) is 0 Å². The third kappa shape index (κ3) is 7.60. The molecule has 0 aliphatic rings. The molecule has 6 aromatic rings. The van der Waals surface area contributed by atoms with Crippen LogP contribution in [0.3, 0.4) is 0 Å². The van der Waals surface area contributed by atoms with Crippen molar-refractivity contribution in [3.8, 4) is 0 Å². The van der Waals surface area contributed by atoms with Crippen molar-refractivity contribution >= 4 is 76.5 Å². The average Bonchev–Trinajstić information content (AvgIpc) is 3.59. The van der Waals surface area contributed by atoms with Crippen LogP contribution < -0.4 is 0 Å². The summed E-state index contributed by atoms with van der Waals surface area (Å²) < 4.78 is 5.58. The number of fused-ring (bicyclic) bond motifs is 5. The van der Waals surface area contributed by atoms with Crippen LogP contribution >= 0.6 is 22.7 Å². The number of thiophene rings is 2. The fourth-order valence-electron chi connectivity index (χ4n) is 5.98. The second-order valence-corrected chi connectivity index (χ2v) is 14.2. The maximum Gasteiger partial charge on any atom is 0.0542 e. The summed E-state index contributed by atoms with van der Waals surface area (Å²) in [4.78, 5) is 0. The summed E-state index contributed by atoms with van der Waals surface area (Å²) in [6.07, 6.45) is 21.9. The highest BCUT2D eigenvalue weighted by Gasteiger charge is 2.12. The number of hydrogen-bond donors (Lipinski definition) is 0. The molecule has 0 saturated heterocycles. The molecule has 0 amide bonds. The monoisotopic (exact) mass is 612 g/mol. The zero-order valence-corrected chi connectivity index (χ0v) is 27.9. The highest BCUT2D eigenvalue weighted by atomic mass is 32.1. The second-order valence-electron chi connectivity index (χ2n) is 12.1. The Balaban J connectivity index is 1.12. The predicted molar refractivity (Wildman–Crippen MR) is 201 cm³/mol. The van der Waals surface area contributed by atoms with E-state index in [1.807, 2.05) is 22.7 Å². The summed E-state index contributed by atoms with van der Waals surface area (Å²) in [6, 6.07) is 32.1. The van der Waals surface area contributed by atoms with Gasteiger partial charge in [0.25, 0.3) is 0 Å². The Morgan fingerprint density at radius 2 is 0.818 bits per heavy atom. The van der Waals surface area contributed by atoms with Crippen molar-refractivity contribution in [1.29, 1.82) is 0 Å². The molecule has 0 N–H and O–H groups in total. The fourth-order valence-corrected chi connectivity index (χ4v) is 8.73. The molecule has 4 aromatic carbocycles. The average molecular weight is 613 g/mol. The summed E-state index contributed by atoms with van der Waals surface area (Å²) in [5, 5.41) is 2.75. The minimum absolute atomic E-state index is 1.19. The minimum Gasteiger partial charge on any atom is -0.134 e. The molecule has 0 fully saturated rings. The van der Waals surface area contributed by atoms with Gasteiger partial charge in [-0.3, -0.25) is 0 Å². The third-order valence-electron chi connectivity index (χ3n) is 8.66. The molecule has 2 heteroatoms. The van der Waals surface area contributed by atoms with E-state index in [0.29, 0.717) is 0 Å². The summed E-state index contributed by atoms with van der Waals surface area (Å²) in [7, 11) is 0. The molecule has 2 heterocycles. The van der Waals surface area contributed by atoms with Gasteiger partial charge in [-0.25, -0.2) is 0 Å². The summed E-state index contributed by atoms with van der Waals surface area (Å²) in [5.41, 5.74) is 7.95. The van der Waals surface area contributed by atoms with Crippen LogP contribution in [0.15, 0.2) is 84.9 Å². The number of hydrogen-bond acceptors (Lipinski definition) is 2. The summed E-state index contributed by atoms with van der Waals surface area (Å²) >= 11 is 3.86. The first-order chi connectivity index (χ1) is 21.7. The first-order valence-corrected chi connectivity index (χ1v) is 18.3. The van der Waals surface area contributed by atoms with E-state index in [0.717, 1.165) is 0 Å². The quantitative estimate of drug-likeness (QED) is 0.0848. The van der Waals surface area contributed by atoms with Crippen molar-refractivity contribution in [3.63, 3.8) is 0 Å². The van der Waals surface area contributed by atoms with Crippen LogP contribution in [0.4, 0.5) is 0 Å². The Kier molecular flexibility index (Phi) is 10.4. The lowest BCUT2D eigenvalue weighted by atomic mass is 10.0. The lowest BCUT2D eigenvalue weighted by molar-refractivity contribution is 0.667. The summed E-state index contributed by atoms with van der Waals surface area (Å²) in [6.45, 7) is 4.54. The van der Waals surface area contributed by atoms with Gasteiger partial charge in [-0.1, -0.05) is 149 Å². The van der Waals surface area contributed by atoms with Crippen LogP contribution in [-0.2, 0) is 12.8 Å². The Morgan fingerprint density at radius 3 is 1.23 bits per heavy atom. The zero-order chi connectivity index (χ0) is 30.1. The van der Waals surface area contributed by atoms with E-state index in [1.54, 1.807) is 0 Å². The molecule has 0 aliphatic heterocycles. The minimum atomic E-state index is 1.19. The smallest absolute Gasteiger partial charge is 0.0542 e. The van der Waals surface area contributed by atoms with Crippen molar-refractivity contribution in [2.75, 3.05) is 0 Å². The molecular formula is C42H44S2. The van der Waals surface area contributed by atoms with Gasteiger partial charge in [0, 0.05) is 20.2 Å². The Hall–Kier alpha value is -3.46. The molecule has 0 nitrogen and oxygen atoms in total. The first-order valence-electron chi connectivity index (χ1n) is 16.6. The van der Waals surface area contributed by atoms with E-state index < -0.39 is 0 Å². The molecule has 0 radical (unpaired) electrons. The Bertz CT molecular complexity index is 1720. The van der Waals surface area contributed by atoms with Gasteiger partial charge < -0.3 is 0 Å². The largest absolute Gasteiger partial charge is 0.134 e. The van der Waals surface area contributed by atoms with Gasteiger partial charge in [0.15, 0.2) is 0 Å². The topological polar surface area (TPSA) is 0 Å². The maximum atomic E-state index is 2.35. The van der Waals surface area contributed by atoms with Crippen LogP contribution in [0.2, 0.25) is 0 Å². The van der Waals surface area contributed by atoms with Gasteiger partial charge in [-0.2, -0.15) is 0 Å². The lowest BCUT2D eigenvalue weighted by Crippen LogP contribution is -1.85. The van der Waals surface area contributed by atoms with Crippen LogP contribution in [-0.4, -0.2) is 0 Å². The van der Waals surface area contributed by atoms with Gasteiger partial charge in [-0.05, 0) is 71.2 Å². The Labute approximate surface area is 271 Å². The standard InChI is InChI=1S/C42H44S2/c1-3-5-7-9-11-31-13-17-33(18-14-31)21-23-35-25-27-37-39(29-35)43-42-38-28-26-36(30-40(38)44-41(37)42)24-22-34-19-15-32(16-20-34)12-10-8-6-4-2/h13-30H,3-12H2,1-2H3. The number of rotatable bonds is 14. The molecule has 0 unspecified atom stereocenters. The van der Waals surface area contributed by atoms with Gasteiger partial charge in [-0.15, -0.1) is 22.7 Å². The van der Waals surface area contributed by atoms with E-state index in [1.165, 1.54) is 127 Å². The molecule has 0 bridgehead atoms. The third-order valence-corrected chi connectivity index (χ3v) is 11.2. The van der Waals surface area contributed by atoms with E-state index >= 15 is 0 Å². The van der Waals surface area contributed by atoms with E-state index in [2.05, 4.69) is 123 Å². The normalized spacial score (nSPS) is 12.1. The van der Waals surface area contributed by atoms with Gasteiger partial charge >= 0.3 is 0 Å². The second kappa shape index (κ2) is 15.0. The van der Waals surface area contributed by atoms with Crippen molar-refractivity contribution < 1.29 is 0 Å². The highest BCUT2D eigenvalue weighted by molar-refractivity contribution is 7.36. The SMILES string of the molecule is CCCCCCc1ccc(C=Cc2ccc3c(c2)sc2c4ccc(C=Cc5ccc(CCCCCC)cc5)cc4sc32)cc1. The molecule has 44 heavy (non-hydrogen) atoms. The van der Waals surface area contributed by atoms with Crippen molar-refractivity contribution in [2.24, 2.45) is 0 Å². The highest BCUT2D eigenvalue weighted by Crippen LogP contribution is 2.44. The zero-order valence-electron chi connectivity index (χ0n) is 26.3. The Morgan fingerprint density at radius 1 is 0.432 bits per heavy atom. The number of unbranched alkanes of at least 4 members (excludes halogenated alkanes) is 6. The van der Waals surface area contributed by atoms with Crippen LogP contribution in [0.25, 0.3) is 53.9 Å². The van der Waals surface area contributed by atoms with Crippen molar-refractivity contribution in [1.82, 2.24) is 0 Å². The van der Waals surface area contributed by atoms with Gasteiger partial charge in [0.05, 0.1) is 9.40 Å². The molecule has 0 aliphatic carbocycles. The lowest BCUT2D eigenvalue weighted by Gasteiger charge is -2.02.